The van der Waals surface area contributed by atoms with Crippen molar-refractivity contribution in [2.45, 2.75) is 32.1 Å². The molecule has 54 valence electrons. The van der Waals surface area contributed by atoms with Gasteiger partial charge < -0.3 is 0 Å². The monoisotopic (exact) mass is 141 g/mol. The van der Waals surface area contributed by atoms with Crippen LogP contribution in [0.3, 0.4) is 0 Å². The molecule has 0 unspecified atom stereocenters. The third kappa shape index (κ3) is 0.916. The van der Waals surface area contributed by atoms with Crippen molar-refractivity contribution in [3.8, 4) is 0 Å². The number of hydrogen-bond acceptors (Lipinski definition) is 2. The molecule has 0 saturated carbocycles. The second kappa shape index (κ2) is 2.40. The Balaban J connectivity index is 2.42. The van der Waals surface area contributed by atoms with Crippen molar-refractivity contribution < 1.29 is 5.48 Å². The molecule has 1 aromatic rings. The number of fused-ring (bicyclic) bond motifs is 1. The van der Waals surface area contributed by atoms with Crippen LogP contribution in [0.25, 0.3) is 0 Å². The van der Waals surface area contributed by atoms with Crippen molar-refractivity contribution in [1.82, 2.24) is 14.8 Å². The average Bonchev–Trinajstić information content (AvgIpc) is 2.43. The fourth-order valence-corrected chi connectivity index (χ4v) is 0.980. The maximum atomic E-state index is 7.72. The van der Waals surface area contributed by atoms with E-state index in [-0.39, 0.29) is 18.7 Å². The zero-order valence-electron chi connectivity index (χ0n) is 9.54. The fourth-order valence-electron chi connectivity index (χ4n) is 0.980. The highest BCUT2D eigenvalue weighted by Gasteiger charge is 2.06. The Bertz CT molecular complexity index is 346. The van der Waals surface area contributed by atoms with Gasteiger partial charge in [-0.1, -0.05) is 6.37 Å². The normalized spacial score (nSPS) is 34.0. The molecule has 3 nitrogen and oxygen atoms in total. The van der Waals surface area contributed by atoms with Crippen molar-refractivity contribution in [1.29, 1.82) is 0 Å². The first kappa shape index (κ1) is 3.03. The Morgan fingerprint density at radius 1 is 1.60 bits per heavy atom. The van der Waals surface area contributed by atoms with Crippen LogP contribution in [-0.4, -0.2) is 14.8 Å². The number of hydrogen-bond donors (Lipinski definition) is 0. The summed E-state index contributed by atoms with van der Waals surface area (Å²) in [5.74, 6) is 0.235. The molecular weight excluding hydrogens is 126 g/mol. The highest BCUT2D eigenvalue weighted by atomic mass is 15.3. The van der Waals surface area contributed by atoms with E-state index in [1.54, 1.807) is 0 Å². The molecule has 0 radical (unpaired) electrons. The van der Waals surface area contributed by atoms with Crippen molar-refractivity contribution in [3.63, 3.8) is 0 Å². The molecule has 0 aromatic carbocycles. The molecule has 3 heteroatoms. The molecule has 0 atom stereocenters. The largest absolute Gasteiger partial charge is 0.250 e. The van der Waals surface area contributed by atoms with Crippen LogP contribution < -0.4 is 0 Å². The van der Waals surface area contributed by atoms with Crippen molar-refractivity contribution in [2.75, 3.05) is 0 Å². The molecule has 0 bridgehead atoms. The highest BCUT2D eigenvalue weighted by Crippen LogP contribution is 2.09. The molecule has 1 aliphatic heterocycles. The summed E-state index contributed by atoms with van der Waals surface area (Å²) >= 11 is 0. The van der Waals surface area contributed by atoms with Crippen LogP contribution in [0.5, 0.6) is 0 Å². The molecule has 10 heavy (non-hydrogen) atoms. The third-order valence-corrected chi connectivity index (χ3v) is 1.49. The van der Waals surface area contributed by atoms with E-state index in [0.29, 0.717) is 6.54 Å². The molecule has 0 N–H and O–H groups in total. The van der Waals surface area contributed by atoms with E-state index in [9.17, 15) is 0 Å². The predicted molar refractivity (Wildman–Crippen MR) is 37.6 cm³/mol. The van der Waals surface area contributed by atoms with Crippen molar-refractivity contribution in [2.24, 2.45) is 0 Å². The van der Waals surface area contributed by atoms with Gasteiger partial charge >= 0.3 is 0 Å². The standard InChI is InChI=1S/C7H11N3/c1-2-4-7-8-6-9-10(7)5-3-1/h6H,1-5H2/i1D2,4D2. The second-order valence-corrected chi connectivity index (χ2v) is 2.16. The van der Waals surface area contributed by atoms with Gasteiger partial charge in [0, 0.05) is 18.4 Å². The van der Waals surface area contributed by atoms with Crippen LogP contribution in [0.15, 0.2) is 6.33 Å². The number of nitrogens with zero attached hydrogens (tertiary/aromatic N) is 3. The molecule has 2 heterocycles. The molecule has 0 amide bonds. The molecule has 1 aliphatic rings. The van der Waals surface area contributed by atoms with Gasteiger partial charge in [0.05, 0.1) is 0 Å². The lowest BCUT2D eigenvalue weighted by molar-refractivity contribution is 0.575. The van der Waals surface area contributed by atoms with Gasteiger partial charge in [-0.05, 0) is 12.8 Å². The average molecular weight is 141 g/mol. The zero-order chi connectivity index (χ0) is 10.4. The van der Waals surface area contributed by atoms with Gasteiger partial charge in [-0.3, -0.25) is 4.68 Å². The topological polar surface area (TPSA) is 30.7 Å². The van der Waals surface area contributed by atoms with Crippen molar-refractivity contribution >= 4 is 0 Å². The smallest absolute Gasteiger partial charge is 0.138 e. The number of rotatable bonds is 0. The molecule has 0 aliphatic carbocycles. The van der Waals surface area contributed by atoms with Gasteiger partial charge in [-0.15, -0.1) is 0 Å². The van der Waals surface area contributed by atoms with Crippen LogP contribution in [0.1, 0.15) is 30.5 Å². The van der Waals surface area contributed by atoms with Gasteiger partial charge in [0.25, 0.3) is 0 Å². The zero-order valence-corrected chi connectivity index (χ0v) is 5.54. The van der Waals surface area contributed by atoms with Gasteiger partial charge in [-0.2, -0.15) is 5.10 Å². The summed E-state index contributed by atoms with van der Waals surface area (Å²) in [6, 6.07) is 0. The van der Waals surface area contributed by atoms with E-state index in [0.717, 1.165) is 0 Å². The maximum Gasteiger partial charge on any atom is 0.138 e. The van der Waals surface area contributed by atoms with E-state index in [2.05, 4.69) is 10.1 Å². The van der Waals surface area contributed by atoms with Crippen LogP contribution >= 0.6 is 0 Å². The van der Waals surface area contributed by atoms with Crippen molar-refractivity contribution in [3.05, 3.63) is 12.2 Å². The summed E-state index contributed by atoms with van der Waals surface area (Å²) in [4.78, 5) is 3.85. The molecular formula is C7H11N3. The number of aryl methyl sites for hydroxylation is 2. The van der Waals surface area contributed by atoms with Gasteiger partial charge in [-0.25, -0.2) is 4.98 Å². The van der Waals surface area contributed by atoms with E-state index in [4.69, 9.17) is 5.48 Å². The summed E-state index contributed by atoms with van der Waals surface area (Å²) in [6.45, 7) is 0.391. The highest BCUT2D eigenvalue weighted by molar-refractivity contribution is 4.86. The van der Waals surface area contributed by atoms with Crippen LogP contribution in [-0.2, 0) is 12.9 Å². The maximum absolute atomic E-state index is 7.72. The summed E-state index contributed by atoms with van der Waals surface area (Å²) in [5.41, 5.74) is 0. The van der Waals surface area contributed by atoms with Crippen LogP contribution in [0.2, 0.25) is 0 Å². The van der Waals surface area contributed by atoms with Gasteiger partial charge in [0.15, 0.2) is 0 Å². The summed E-state index contributed by atoms with van der Waals surface area (Å²) in [6.07, 6.45) is -1.77. The fraction of sp³-hybridized carbons (Fsp3) is 0.714. The van der Waals surface area contributed by atoms with E-state index in [1.807, 2.05) is 0 Å². The SMILES string of the molecule is [2H]C1([2H])CCn2ncnc2C([2H])([2H])C1. The first-order valence-corrected chi connectivity index (χ1v) is 3.29. The molecule has 0 saturated heterocycles. The predicted octanol–water partition coefficient (Wildman–Crippen LogP) is 1.00. The summed E-state index contributed by atoms with van der Waals surface area (Å²) in [5, 5.41) is 3.88. The Labute approximate surface area is 65.7 Å². The van der Waals surface area contributed by atoms with Crippen LogP contribution in [0.4, 0.5) is 0 Å². The van der Waals surface area contributed by atoms with E-state index >= 15 is 0 Å². The second-order valence-electron chi connectivity index (χ2n) is 2.16. The minimum absolute atomic E-state index is 0.154. The Kier molecular flexibility index (Phi) is 0.728. The third-order valence-electron chi connectivity index (χ3n) is 1.49. The first-order chi connectivity index (χ1) is 6.41. The molecule has 2 rings (SSSR count). The van der Waals surface area contributed by atoms with E-state index < -0.39 is 12.7 Å². The Morgan fingerprint density at radius 2 is 2.60 bits per heavy atom. The molecule has 1 aromatic heterocycles. The van der Waals surface area contributed by atoms with E-state index in [1.165, 1.54) is 11.0 Å². The Hall–Kier alpha value is -0.860. The molecule has 0 fully saturated rings. The van der Waals surface area contributed by atoms with Crippen LogP contribution in [0, 0.1) is 0 Å². The minimum atomic E-state index is -1.73. The Morgan fingerprint density at radius 3 is 3.60 bits per heavy atom. The number of aromatic nitrogens is 3. The van der Waals surface area contributed by atoms with Gasteiger partial charge in [0.2, 0.25) is 0 Å². The lowest BCUT2D eigenvalue weighted by Gasteiger charge is -1.96. The summed E-state index contributed by atoms with van der Waals surface area (Å²) < 4.78 is 32.1. The lowest BCUT2D eigenvalue weighted by Crippen LogP contribution is -2.01. The molecule has 0 spiro atoms. The quantitative estimate of drug-likeness (QED) is 0.539. The lowest BCUT2D eigenvalue weighted by atomic mass is 10.2. The first-order valence-electron chi connectivity index (χ1n) is 5.29. The summed E-state index contributed by atoms with van der Waals surface area (Å²) in [7, 11) is 0. The minimum Gasteiger partial charge on any atom is -0.250 e. The van der Waals surface area contributed by atoms with Gasteiger partial charge in [0.1, 0.15) is 12.2 Å².